The van der Waals surface area contributed by atoms with Crippen LogP contribution in [0.2, 0.25) is 0 Å². The molecule has 0 bridgehead atoms. The molecule has 2 aliphatic rings. The van der Waals surface area contributed by atoms with Gasteiger partial charge in [-0.25, -0.2) is 9.78 Å². The number of hydrogen-bond acceptors (Lipinski definition) is 5. The molecule has 4 rings (SSSR count). The van der Waals surface area contributed by atoms with Crippen molar-refractivity contribution in [1.29, 1.82) is 0 Å². The third kappa shape index (κ3) is 2.91. The predicted octanol–water partition coefficient (Wildman–Crippen LogP) is 3.38. The molecule has 1 aromatic heterocycles. The van der Waals surface area contributed by atoms with Crippen LogP contribution in [0.4, 0.5) is 16.6 Å². The topological polar surface area (TPSA) is 67.4 Å². The first-order valence-corrected chi connectivity index (χ1v) is 8.33. The Morgan fingerprint density at radius 2 is 2.04 bits per heavy atom. The van der Waals surface area contributed by atoms with Gasteiger partial charge in [-0.1, -0.05) is 30.3 Å². The smallest absolute Gasteiger partial charge is 0.415 e. The standard InChI is InChI=1S/C18H20N4O2/c1-12(13-5-3-2-4-6-13)20-17-19-10-9-16(21-17)22-15(14-7-8-14)11-24-18(22)23/h2-6,9-10,12,14-15H,7-8,11H2,1H3,(H,19,20,21)/t12-,15+/m0/s1. The lowest BCUT2D eigenvalue weighted by Gasteiger charge is -2.21. The zero-order valence-electron chi connectivity index (χ0n) is 13.6. The Morgan fingerprint density at radius 1 is 1.25 bits per heavy atom. The van der Waals surface area contributed by atoms with Crippen LogP contribution in [0.1, 0.15) is 31.4 Å². The molecule has 1 saturated carbocycles. The molecule has 1 amide bonds. The Kier molecular flexibility index (Phi) is 3.80. The molecule has 1 aliphatic carbocycles. The van der Waals surface area contributed by atoms with Crippen LogP contribution in [0.15, 0.2) is 42.6 Å². The van der Waals surface area contributed by atoms with Crippen LogP contribution in [-0.2, 0) is 4.74 Å². The van der Waals surface area contributed by atoms with Gasteiger partial charge in [-0.3, -0.25) is 4.90 Å². The van der Waals surface area contributed by atoms with Crippen LogP contribution in [0.5, 0.6) is 0 Å². The van der Waals surface area contributed by atoms with Crippen molar-refractivity contribution in [3.05, 3.63) is 48.2 Å². The average molecular weight is 324 g/mol. The quantitative estimate of drug-likeness (QED) is 0.913. The highest BCUT2D eigenvalue weighted by molar-refractivity contribution is 5.89. The van der Waals surface area contributed by atoms with E-state index in [0.29, 0.717) is 24.3 Å². The van der Waals surface area contributed by atoms with Crippen molar-refractivity contribution in [2.75, 3.05) is 16.8 Å². The summed E-state index contributed by atoms with van der Waals surface area (Å²) in [6.07, 6.45) is 3.67. The molecule has 1 aromatic carbocycles. The van der Waals surface area contributed by atoms with E-state index in [0.717, 1.165) is 18.4 Å². The van der Waals surface area contributed by atoms with E-state index in [1.54, 1.807) is 17.2 Å². The molecule has 2 fully saturated rings. The summed E-state index contributed by atoms with van der Waals surface area (Å²) in [5.74, 6) is 1.65. The van der Waals surface area contributed by atoms with E-state index in [1.807, 2.05) is 18.2 Å². The van der Waals surface area contributed by atoms with Crippen molar-refractivity contribution < 1.29 is 9.53 Å². The third-order valence-corrected chi connectivity index (χ3v) is 4.60. The first kappa shape index (κ1) is 14.9. The average Bonchev–Trinajstić information content (AvgIpc) is 3.38. The van der Waals surface area contributed by atoms with Crippen LogP contribution in [-0.4, -0.2) is 28.7 Å². The van der Waals surface area contributed by atoms with Gasteiger partial charge in [-0.15, -0.1) is 0 Å². The van der Waals surface area contributed by atoms with Gasteiger partial charge in [0, 0.05) is 6.20 Å². The number of hydrogen-bond donors (Lipinski definition) is 1. The SMILES string of the molecule is C[C@H](Nc1nccc(N2C(=O)OC[C@@H]2C2CC2)n1)c1ccccc1. The second-order valence-corrected chi connectivity index (χ2v) is 6.37. The summed E-state index contributed by atoms with van der Waals surface area (Å²) < 4.78 is 5.23. The van der Waals surface area contributed by atoms with Gasteiger partial charge >= 0.3 is 6.09 Å². The fourth-order valence-corrected chi connectivity index (χ4v) is 3.10. The van der Waals surface area contributed by atoms with E-state index in [4.69, 9.17) is 4.74 Å². The minimum atomic E-state index is -0.312. The van der Waals surface area contributed by atoms with Crippen LogP contribution in [0.3, 0.4) is 0 Å². The number of rotatable bonds is 5. The highest BCUT2D eigenvalue weighted by Crippen LogP contribution is 2.39. The number of carbonyl (C=O) groups is 1. The molecule has 2 heterocycles. The second-order valence-electron chi connectivity index (χ2n) is 6.37. The maximum atomic E-state index is 12.1. The molecule has 0 unspecified atom stereocenters. The molecule has 6 nitrogen and oxygen atoms in total. The zero-order chi connectivity index (χ0) is 16.5. The van der Waals surface area contributed by atoms with E-state index >= 15 is 0 Å². The third-order valence-electron chi connectivity index (χ3n) is 4.60. The zero-order valence-corrected chi connectivity index (χ0v) is 13.6. The molecular formula is C18H20N4O2. The van der Waals surface area contributed by atoms with Crippen molar-refractivity contribution in [2.24, 2.45) is 5.92 Å². The number of amides is 1. The molecule has 1 N–H and O–H groups in total. The molecule has 2 aromatic rings. The fourth-order valence-electron chi connectivity index (χ4n) is 3.10. The molecule has 2 atom stereocenters. The molecule has 1 aliphatic heterocycles. The van der Waals surface area contributed by atoms with Crippen LogP contribution in [0.25, 0.3) is 0 Å². The Bertz CT molecular complexity index is 733. The van der Waals surface area contributed by atoms with E-state index in [-0.39, 0.29) is 18.2 Å². The Morgan fingerprint density at radius 3 is 2.79 bits per heavy atom. The lowest BCUT2D eigenvalue weighted by atomic mass is 10.1. The molecule has 24 heavy (non-hydrogen) atoms. The van der Waals surface area contributed by atoms with Crippen LogP contribution >= 0.6 is 0 Å². The van der Waals surface area contributed by atoms with Gasteiger partial charge in [0.1, 0.15) is 12.4 Å². The minimum Gasteiger partial charge on any atom is -0.447 e. The summed E-state index contributed by atoms with van der Waals surface area (Å²) in [6, 6.07) is 12.1. The van der Waals surface area contributed by atoms with Crippen molar-refractivity contribution in [2.45, 2.75) is 31.8 Å². The van der Waals surface area contributed by atoms with Gasteiger partial charge in [0.15, 0.2) is 0 Å². The van der Waals surface area contributed by atoms with Crippen LogP contribution in [0, 0.1) is 5.92 Å². The summed E-state index contributed by atoms with van der Waals surface area (Å²) in [4.78, 5) is 22.6. The Labute approximate surface area is 140 Å². The number of ether oxygens (including phenoxy) is 1. The predicted molar refractivity (Wildman–Crippen MR) is 90.9 cm³/mol. The van der Waals surface area contributed by atoms with Gasteiger partial charge in [0.2, 0.25) is 5.95 Å². The maximum Gasteiger partial charge on any atom is 0.415 e. The molecule has 0 radical (unpaired) electrons. The Balaban J connectivity index is 1.54. The van der Waals surface area contributed by atoms with E-state index < -0.39 is 0 Å². The number of nitrogens with one attached hydrogen (secondary N) is 1. The molecule has 1 saturated heterocycles. The highest BCUT2D eigenvalue weighted by atomic mass is 16.6. The van der Waals surface area contributed by atoms with E-state index in [1.165, 1.54) is 0 Å². The van der Waals surface area contributed by atoms with Gasteiger partial charge in [-0.2, -0.15) is 4.98 Å². The summed E-state index contributed by atoms with van der Waals surface area (Å²) in [6.45, 7) is 2.51. The van der Waals surface area contributed by atoms with Crippen molar-refractivity contribution in [3.8, 4) is 0 Å². The van der Waals surface area contributed by atoms with Crippen molar-refractivity contribution in [3.63, 3.8) is 0 Å². The Hall–Kier alpha value is -2.63. The maximum absolute atomic E-state index is 12.1. The fraction of sp³-hybridized carbons (Fsp3) is 0.389. The second kappa shape index (κ2) is 6.11. The van der Waals surface area contributed by atoms with Crippen molar-refractivity contribution in [1.82, 2.24) is 9.97 Å². The number of cyclic esters (lactones) is 1. The normalized spacial score (nSPS) is 21.5. The first-order chi connectivity index (χ1) is 11.7. The van der Waals surface area contributed by atoms with Gasteiger partial charge in [0.05, 0.1) is 12.1 Å². The van der Waals surface area contributed by atoms with Gasteiger partial charge < -0.3 is 10.1 Å². The number of aromatic nitrogens is 2. The first-order valence-electron chi connectivity index (χ1n) is 8.33. The van der Waals surface area contributed by atoms with Crippen LogP contribution < -0.4 is 10.2 Å². The molecule has 0 spiro atoms. The number of anilines is 2. The van der Waals surface area contributed by atoms with Gasteiger partial charge in [-0.05, 0) is 37.3 Å². The molecular weight excluding hydrogens is 304 g/mol. The molecule has 124 valence electrons. The monoisotopic (exact) mass is 324 g/mol. The summed E-state index contributed by atoms with van der Waals surface area (Å²) in [5.41, 5.74) is 1.16. The lowest BCUT2D eigenvalue weighted by Crippen LogP contribution is -2.35. The number of nitrogens with zero attached hydrogens (tertiary/aromatic N) is 3. The summed E-state index contributed by atoms with van der Waals surface area (Å²) in [5, 5.41) is 3.30. The largest absolute Gasteiger partial charge is 0.447 e. The van der Waals surface area contributed by atoms with E-state index in [2.05, 4.69) is 34.3 Å². The van der Waals surface area contributed by atoms with Gasteiger partial charge in [0.25, 0.3) is 0 Å². The summed E-state index contributed by atoms with van der Waals surface area (Å²) >= 11 is 0. The molecule has 6 heteroatoms. The number of benzene rings is 1. The van der Waals surface area contributed by atoms with Crippen molar-refractivity contribution >= 4 is 17.9 Å². The summed E-state index contributed by atoms with van der Waals surface area (Å²) in [7, 11) is 0. The highest BCUT2D eigenvalue weighted by Gasteiger charge is 2.44. The lowest BCUT2D eigenvalue weighted by molar-refractivity contribution is 0.178. The number of carbonyl (C=O) groups excluding carboxylic acids is 1. The minimum absolute atomic E-state index is 0.0752. The van der Waals surface area contributed by atoms with E-state index in [9.17, 15) is 4.79 Å².